The van der Waals surface area contributed by atoms with Crippen molar-refractivity contribution in [1.29, 1.82) is 0 Å². The van der Waals surface area contributed by atoms with E-state index in [-0.39, 0.29) is 125 Å². The number of fused-ring (bicyclic) bond motifs is 6. The largest absolute Gasteiger partial charge is 0.496 e. The number of thiazole rings is 2. The third-order valence-corrected chi connectivity index (χ3v) is 30.1. The third-order valence-electron chi connectivity index (χ3n) is 23.7. The number of alkyl carbamates (subject to hydrolysis) is 2. The molecule has 8 aromatic rings. The number of rotatable bonds is 31. The van der Waals surface area contributed by atoms with Gasteiger partial charge >= 0.3 is 12.2 Å². The summed E-state index contributed by atoms with van der Waals surface area (Å²) in [7, 11) is -5.81. The molecule has 12 atom stereocenters. The number of likely N-dealkylation sites (tertiary alicyclic amines) is 2. The number of nitrogens with one attached hydrogen (secondary N) is 8. The number of pyridine rings is 2. The van der Waals surface area contributed by atoms with Gasteiger partial charge in [0, 0.05) is 59.4 Å². The number of carbonyl (C=O) groups excluding carboxylic acids is 10. The van der Waals surface area contributed by atoms with Crippen LogP contribution in [-0.4, -0.2) is 202 Å². The molecular formula is C88H106BrClN14O22S4. The number of methoxy groups -OCH3 is 2. The number of ether oxygens (including phenoxy) is 6. The van der Waals surface area contributed by atoms with Gasteiger partial charge in [-0.15, -0.1) is 35.8 Å². The SMILES string of the molecule is C=CC1CC1(NC(=O)C1CC(Oc2cc(-c3csc(NC(=O)C(C)C)n3)nc3c2oc2ccc(OC)c(Br)c23)CN1C(=O)C(NC(=O)OC(C)(C)CC1CC1S(=O)(=O)NC(=O)C1(NC(=O)C2CC(Oc3cc(-c4csc(NC(=O)C(C)C)n4)nc4c3oc3ccc(OC)c(Cl)c34)CN2C(=O)C(NC(=O)OC(C)(C)C)C(C)(C)C)CC1C=C)C(C)(C)C)C(=O)NS(=O)(=O)C1CC1. The molecule has 8 N–H and O–H groups in total. The van der Waals surface area contributed by atoms with E-state index in [1.807, 2.05) is 0 Å². The summed E-state index contributed by atoms with van der Waals surface area (Å²) in [6.07, 6.45) is -1.51. The van der Waals surface area contributed by atoms with Gasteiger partial charge in [-0.1, -0.05) is 93.0 Å². The third kappa shape index (κ3) is 19.7. The van der Waals surface area contributed by atoms with Gasteiger partial charge in [-0.2, -0.15) is 0 Å². The number of amides is 10. The number of nitrogens with zero attached hydrogens (tertiary/aromatic N) is 6. The summed E-state index contributed by atoms with van der Waals surface area (Å²) >= 11 is 13.0. The average Bonchev–Trinajstić information content (AvgIpc) is 1.57. The van der Waals surface area contributed by atoms with Crippen LogP contribution in [-0.2, 0) is 67.9 Å². The first-order valence-electron chi connectivity index (χ1n) is 42.5. The fraction of sp³-hybridized carbons (Fsp3) is 0.523. The van der Waals surface area contributed by atoms with Gasteiger partial charge < -0.3 is 79.0 Å². The van der Waals surface area contributed by atoms with Crippen LogP contribution in [0.1, 0.15) is 155 Å². The van der Waals surface area contributed by atoms with E-state index in [2.05, 4.69) is 80.4 Å². The maximum absolute atomic E-state index is 15.7. The molecule has 36 nitrogen and oxygen atoms in total. The van der Waals surface area contributed by atoms with Crippen LogP contribution in [0.4, 0.5) is 19.9 Å². The molecule has 0 bridgehead atoms. The van der Waals surface area contributed by atoms with Crippen molar-refractivity contribution in [2.24, 2.45) is 40.4 Å². The number of carbonyl (C=O) groups is 10. The highest BCUT2D eigenvalue weighted by Gasteiger charge is 2.65. The summed E-state index contributed by atoms with van der Waals surface area (Å²) in [4.78, 5) is 167. The summed E-state index contributed by atoms with van der Waals surface area (Å²) in [6, 6.07) is 3.92. The first-order valence-corrected chi connectivity index (χ1v) is 48.5. The highest BCUT2D eigenvalue weighted by Crippen LogP contribution is 2.51. The molecule has 10 amide bonds. The number of anilines is 2. The maximum atomic E-state index is 15.7. The van der Waals surface area contributed by atoms with Crippen molar-refractivity contribution in [3.63, 3.8) is 0 Å². The molecule has 698 valence electrons. The van der Waals surface area contributed by atoms with Gasteiger partial charge in [0.2, 0.25) is 55.5 Å². The quantitative estimate of drug-likeness (QED) is 0.0187. The maximum Gasteiger partial charge on any atom is 0.408 e. The molecule has 0 spiro atoms. The van der Waals surface area contributed by atoms with Crippen LogP contribution in [0.5, 0.6) is 23.0 Å². The topological polar surface area (TPSA) is 475 Å². The Balaban J connectivity index is 0.691. The molecule has 6 aromatic heterocycles. The van der Waals surface area contributed by atoms with Crippen molar-refractivity contribution >= 4 is 184 Å². The molecule has 130 heavy (non-hydrogen) atoms. The first-order chi connectivity index (χ1) is 60.8. The average molecular weight is 1960 g/mol. The van der Waals surface area contributed by atoms with Gasteiger partial charge in [-0.25, -0.2) is 46.4 Å². The van der Waals surface area contributed by atoms with Gasteiger partial charge in [0.25, 0.3) is 11.8 Å². The molecule has 6 fully saturated rings. The van der Waals surface area contributed by atoms with Crippen LogP contribution < -0.4 is 60.3 Å². The van der Waals surface area contributed by atoms with Gasteiger partial charge in [0.05, 0.1) is 69.5 Å². The molecule has 42 heteroatoms. The molecule has 4 saturated carbocycles. The van der Waals surface area contributed by atoms with Crippen molar-refractivity contribution in [2.45, 2.75) is 224 Å². The van der Waals surface area contributed by atoms with Gasteiger partial charge in [-0.05, 0) is 130 Å². The fourth-order valence-electron chi connectivity index (χ4n) is 16.3. The molecule has 8 heterocycles. The van der Waals surface area contributed by atoms with Crippen molar-refractivity contribution in [3.05, 3.63) is 82.0 Å². The number of hydrogen-bond donors (Lipinski definition) is 8. The summed E-state index contributed by atoms with van der Waals surface area (Å²) < 4.78 is 110. The lowest BCUT2D eigenvalue weighted by Crippen LogP contribution is -2.60. The second-order valence-corrected chi connectivity index (χ2v) is 45.0. The van der Waals surface area contributed by atoms with Crippen LogP contribution in [0.15, 0.2) is 85.8 Å². The zero-order valence-electron chi connectivity index (χ0n) is 74.8. The van der Waals surface area contributed by atoms with Crippen molar-refractivity contribution < 1.29 is 102 Å². The number of halogens is 2. The first kappa shape index (κ1) is 95.3. The summed E-state index contributed by atoms with van der Waals surface area (Å²) in [6.45, 7) is 32.1. The minimum atomic E-state index is -4.62. The molecule has 2 aromatic carbocycles. The molecule has 12 unspecified atom stereocenters. The van der Waals surface area contributed by atoms with Crippen LogP contribution >= 0.6 is 50.2 Å². The Bertz CT molecular complexity index is 6210. The number of aromatic nitrogens is 4. The lowest BCUT2D eigenvalue weighted by molar-refractivity contribution is -0.143. The Morgan fingerprint density at radius 3 is 1.44 bits per heavy atom. The predicted octanol–water partition coefficient (Wildman–Crippen LogP) is 12.4. The molecule has 14 rings (SSSR count). The Labute approximate surface area is 771 Å². The van der Waals surface area contributed by atoms with E-state index in [0.29, 0.717) is 72.8 Å². The number of sulfonamides is 2. The lowest BCUT2D eigenvalue weighted by atomic mass is 9.85. The van der Waals surface area contributed by atoms with Crippen LogP contribution in [0.2, 0.25) is 5.02 Å². The highest BCUT2D eigenvalue weighted by molar-refractivity contribution is 9.10. The van der Waals surface area contributed by atoms with E-state index in [0.717, 1.165) is 22.7 Å². The minimum Gasteiger partial charge on any atom is -0.496 e. The minimum absolute atomic E-state index is 0.0215. The zero-order chi connectivity index (χ0) is 94.7. The Kier molecular flexibility index (Phi) is 26.0. The van der Waals surface area contributed by atoms with Gasteiger partial charge in [0.15, 0.2) is 32.9 Å². The Morgan fingerprint density at radius 1 is 0.592 bits per heavy atom. The monoisotopic (exact) mass is 1950 g/mol. The zero-order valence-corrected chi connectivity index (χ0v) is 80.4. The van der Waals surface area contributed by atoms with Crippen LogP contribution in [0.25, 0.3) is 66.9 Å². The molecule has 2 aliphatic heterocycles. The second-order valence-electron chi connectivity index (χ2n) is 38.3. The molecular weight excluding hydrogens is 1850 g/mol. The Hall–Kier alpha value is -10.8. The van der Waals surface area contributed by atoms with Crippen molar-refractivity contribution in [3.8, 4) is 45.8 Å². The van der Waals surface area contributed by atoms with E-state index in [4.69, 9.17) is 58.8 Å². The molecule has 0 radical (unpaired) electrons. The summed E-state index contributed by atoms with van der Waals surface area (Å²) in [5.74, 6) is -8.07. The van der Waals surface area contributed by atoms with E-state index in [1.165, 1.54) is 50.0 Å². The smallest absolute Gasteiger partial charge is 0.408 e. The van der Waals surface area contributed by atoms with E-state index < -0.39 is 165 Å². The normalized spacial score (nSPS) is 22.6. The van der Waals surface area contributed by atoms with E-state index in [1.54, 1.807) is 137 Å². The predicted molar refractivity (Wildman–Crippen MR) is 489 cm³/mol. The molecule has 4 aliphatic carbocycles. The standard InChI is InChI=1S/C88H106BrClN14O22S4/c1-20-43-34-87(43,77(111)101-129(115,116)47-22-23-47)99-73(107)52-29-45(121-58-31-48(50-38-127-79(93-50)97-71(105)40(3)4)91-65-61-54(123-67(58)65)24-26-56(119-18)63(61)89)36-104(52)76(110)70(84(10,11)12)96-82(114)126-86(16,17)33-42-28-60(42)130(117,118)102-78(112)88(35-44(88)21-2)100-74(108)53-30-46(37-103(53)75(109)69(83(7,8)9)95-81(113)125-85(13,14)15)122-59-32-49(51-39-128-80(94-51)98-72(106)41(5)6)92-66-62-55(124-68(59)66)25-27-57(120-19)64(62)90/h20-21,24-27,31-32,38-47,52-53,60,69-70H,1-2,22-23,28-30,33-37H2,3-19H3,(H,95,113)(H,96,114)(H,99,107)(H,100,108)(H,101,111)(H,102,112)(H,93,97,105)(H,94,98,106). The number of furan rings is 2. The molecule has 6 aliphatic rings. The van der Waals surface area contributed by atoms with Gasteiger partial charge in [-0.3, -0.25) is 47.8 Å². The number of benzene rings is 2. The molecule has 2 saturated heterocycles. The summed E-state index contributed by atoms with van der Waals surface area (Å²) in [5.41, 5.74) is -5.84. The number of hydrogen-bond acceptors (Lipinski definition) is 28. The van der Waals surface area contributed by atoms with E-state index >= 15 is 19.2 Å². The summed E-state index contributed by atoms with van der Waals surface area (Å²) in [5, 5.41) is 19.6. The van der Waals surface area contributed by atoms with Crippen LogP contribution in [0.3, 0.4) is 0 Å². The van der Waals surface area contributed by atoms with Crippen LogP contribution in [0, 0.1) is 40.4 Å². The second kappa shape index (κ2) is 35.4. The van der Waals surface area contributed by atoms with E-state index in [9.17, 15) is 45.6 Å². The fourth-order valence-corrected chi connectivity index (χ4v) is 21.8. The lowest BCUT2D eigenvalue weighted by Gasteiger charge is -2.36. The van der Waals surface area contributed by atoms with Crippen molar-refractivity contribution in [2.75, 3.05) is 37.9 Å². The Morgan fingerprint density at radius 2 is 1.02 bits per heavy atom. The van der Waals surface area contributed by atoms with Gasteiger partial charge in [0.1, 0.15) is 104 Å². The van der Waals surface area contributed by atoms with Crippen molar-refractivity contribution in [1.82, 2.24) is 60.4 Å². The highest BCUT2D eigenvalue weighted by atomic mass is 79.9.